The number of sulfonamides is 1. The van der Waals surface area contributed by atoms with Crippen LogP contribution in [0.4, 0.5) is 5.69 Å². The highest BCUT2D eigenvalue weighted by Crippen LogP contribution is 2.28. The highest BCUT2D eigenvalue weighted by molar-refractivity contribution is 9.10. The monoisotopic (exact) mass is 420 g/mol. The van der Waals surface area contributed by atoms with Crippen molar-refractivity contribution in [2.24, 2.45) is 0 Å². The van der Waals surface area contributed by atoms with Crippen LogP contribution >= 0.6 is 15.9 Å². The van der Waals surface area contributed by atoms with Crippen LogP contribution in [0.1, 0.15) is 17.0 Å². The molecule has 25 heavy (non-hydrogen) atoms. The predicted octanol–water partition coefficient (Wildman–Crippen LogP) is 4.83. The number of nitrogens with zero attached hydrogens (tertiary/aromatic N) is 1. The topological polar surface area (TPSA) is 72.2 Å². The van der Waals surface area contributed by atoms with Crippen molar-refractivity contribution in [2.45, 2.75) is 25.7 Å². The van der Waals surface area contributed by atoms with Gasteiger partial charge in [-0.25, -0.2) is 13.4 Å². The molecular formula is C18H17BrN2O3S. The third-order valence-electron chi connectivity index (χ3n) is 3.79. The van der Waals surface area contributed by atoms with E-state index in [1.54, 1.807) is 44.3 Å². The zero-order valence-corrected chi connectivity index (χ0v) is 16.4. The van der Waals surface area contributed by atoms with Crippen LogP contribution in [0.5, 0.6) is 0 Å². The van der Waals surface area contributed by atoms with E-state index in [1.807, 2.05) is 19.1 Å². The molecular weight excluding hydrogens is 404 g/mol. The van der Waals surface area contributed by atoms with Gasteiger partial charge in [0.1, 0.15) is 0 Å². The van der Waals surface area contributed by atoms with Gasteiger partial charge in [-0.1, -0.05) is 28.1 Å². The van der Waals surface area contributed by atoms with Crippen LogP contribution in [0, 0.1) is 20.8 Å². The maximum atomic E-state index is 12.8. The normalized spacial score (nSPS) is 11.5. The molecule has 1 aromatic heterocycles. The number of hydrogen-bond donors (Lipinski definition) is 1. The smallest absolute Gasteiger partial charge is 0.262 e. The Balaban J connectivity index is 2.00. The molecule has 0 saturated carbocycles. The lowest BCUT2D eigenvalue weighted by Gasteiger charge is -2.12. The first-order chi connectivity index (χ1) is 11.8. The van der Waals surface area contributed by atoms with Crippen molar-refractivity contribution in [3.05, 3.63) is 64.1 Å². The Morgan fingerprint density at radius 1 is 1.04 bits per heavy atom. The summed E-state index contributed by atoms with van der Waals surface area (Å²) in [6.07, 6.45) is 1.59. The van der Waals surface area contributed by atoms with Gasteiger partial charge in [0.2, 0.25) is 0 Å². The second-order valence-corrected chi connectivity index (χ2v) is 8.30. The van der Waals surface area contributed by atoms with Gasteiger partial charge in [-0.2, -0.15) is 0 Å². The number of anilines is 1. The maximum Gasteiger partial charge on any atom is 0.262 e. The molecule has 130 valence electrons. The van der Waals surface area contributed by atoms with Gasteiger partial charge in [0, 0.05) is 22.6 Å². The van der Waals surface area contributed by atoms with Crippen molar-refractivity contribution >= 4 is 31.6 Å². The van der Waals surface area contributed by atoms with Crippen LogP contribution < -0.4 is 4.72 Å². The first kappa shape index (κ1) is 17.7. The van der Waals surface area contributed by atoms with Gasteiger partial charge in [0.25, 0.3) is 10.0 Å². The van der Waals surface area contributed by atoms with Gasteiger partial charge in [-0.05, 0) is 49.2 Å². The van der Waals surface area contributed by atoms with Gasteiger partial charge in [-0.3, -0.25) is 4.72 Å². The van der Waals surface area contributed by atoms with E-state index in [9.17, 15) is 8.42 Å². The van der Waals surface area contributed by atoms with Gasteiger partial charge in [0.15, 0.2) is 11.7 Å². The number of hydrogen-bond acceptors (Lipinski definition) is 4. The van der Waals surface area contributed by atoms with Crippen molar-refractivity contribution in [3.8, 4) is 11.3 Å². The molecule has 1 N–H and O–H groups in total. The molecule has 0 aliphatic rings. The minimum atomic E-state index is -3.72. The fourth-order valence-corrected chi connectivity index (χ4v) is 4.02. The maximum absolute atomic E-state index is 12.8. The third kappa shape index (κ3) is 3.77. The molecule has 0 bridgehead atoms. The second kappa shape index (κ2) is 6.65. The Kier molecular flexibility index (Phi) is 4.71. The Bertz CT molecular complexity index is 1040. The molecule has 0 spiro atoms. The molecule has 0 aliphatic heterocycles. The van der Waals surface area contributed by atoms with Crippen molar-refractivity contribution in [3.63, 3.8) is 0 Å². The zero-order chi connectivity index (χ0) is 18.2. The minimum absolute atomic E-state index is 0.208. The fourth-order valence-electron chi connectivity index (χ4n) is 2.46. The van der Waals surface area contributed by atoms with Crippen LogP contribution in [-0.4, -0.2) is 13.4 Å². The fraction of sp³-hybridized carbons (Fsp3) is 0.167. The Hall–Kier alpha value is -2.12. The number of benzene rings is 2. The molecule has 0 radical (unpaired) electrons. The van der Waals surface area contributed by atoms with Gasteiger partial charge >= 0.3 is 0 Å². The number of oxazole rings is 1. The van der Waals surface area contributed by atoms with Crippen LogP contribution in [0.15, 0.2) is 56.4 Å². The number of nitrogens with one attached hydrogen (secondary N) is 1. The van der Waals surface area contributed by atoms with E-state index >= 15 is 0 Å². The molecule has 7 heteroatoms. The van der Waals surface area contributed by atoms with Crippen LogP contribution in [0.2, 0.25) is 0 Å². The molecule has 0 aliphatic carbocycles. The van der Waals surface area contributed by atoms with Crippen molar-refractivity contribution in [2.75, 3.05) is 4.72 Å². The van der Waals surface area contributed by atoms with E-state index < -0.39 is 10.0 Å². The number of halogens is 1. The standard InChI is InChI=1S/C18H17BrN2O3S/c1-11-4-5-14(17-10-20-13(3)24-17)9-18(11)25(22,23)21-15-6-7-16(19)12(2)8-15/h4-10,21H,1-3H3. The van der Waals surface area contributed by atoms with Crippen molar-refractivity contribution < 1.29 is 12.8 Å². The van der Waals surface area contributed by atoms with E-state index in [0.29, 0.717) is 28.5 Å². The SMILES string of the molecule is Cc1ncc(-c2ccc(C)c(S(=O)(=O)Nc3ccc(Br)c(C)c3)c2)o1. The second-order valence-electron chi connectivity index (χ2n) is 5.79. The van der Waals surface area contributed by atoms with Gasteiger partial charge in [0.05, 0.1) is 11.1 Å². The predicted molar refractivity (Wildman–Crippen MR) is 101 cm³/mol. The summed E-state index contributed by atoms with van der Waals surface area (Å²) in [6, 6.07) is 10.5. The molecule has 3 rings (SSSR count). The third-order valence-corrected chi connectivity index (χ3v) is 6.21. The molecule has 0 fully saturated rings. The van der Waals surface area contributed by atoms with E-state index in [4.69, 9.17) is 4.42 Å². The van der Waals surface area contributed by atoms with E-state index in [1.165, 1.54) is 0 Å². The van der Waals surface area contributed by atoms with Crippen LogP contribution in [-0.2, 0) is 10.0 Å². The number of aryl methyl sites for hydroxylation is 3. The minimum Gasteiger partial charge on any atom is -0.441 e. The summed E-state index contributed by atoms with van der Waals surface area (Å²) in [6.45, 7) is 5.41. The average Bonchev–Trinajstić information content (AvgIpc) is 2.97. The van der Waals surface area contributed by atoms with Gasteiger partial charge in [-0.15, -0.1) is 0 Å². The number of aromatic nitrogens is 1. The van der Waals surface area contributed by atoms with Crippen LogP contribution in [0.25, 0.3) is 11.3 Å². The average molecular weight is 421 g/mol. The Morgan fingerprint density at radius 3 is 2.44 bits per heavy atom. The molecule has 2 aromatic carbocycles. The van der Waals surface area contributed by atoms with E-state index in [2.05, 4.69) is 25.6 Å². The van der Waals surface area contributed by atoms with Gasteiger partial charge < -0.3 is 4.42 Å². The van der Waals surface area contributed by atoms with E-state index in [-0.39, 0.29) is 4.90 Å². The lowest BCUT2D eigenvalue weighted by molar-refractivity contribution is 0.534. The molecule has 0 saturated heterocycles. The Morgan fingerprint density at radius 2 is 1.80 bits per heavy atom. The zero-order valence-electron chi connectivity index (χ0n) is 14.0. The first-order valence-corrected chi connectivity index (χ1v) is 9.86. The summed E-state index contributed by atoms with van der Waals surface area (Å²) in [5, 5.41) is 0. The summed E-state index contributed by atoms with van der Waals surface area (Å²) in [5.41, 5.74) is 2.78. The molecule has 0 unspecified atom stereocenters. The number of rotatable bonds is 4. The lowest BCUT2D eigenvalue weighted by Crippen LogP contribution is -2.14. The molecule has 1 heterocycles. The highest BCUT2D eigenvalue weighted by Gasteiger charge is 2.19. The van der Waals surface area contributed by atoms with Crippen molar-refractivity contribution in [1.82, 2.24) is 4.98 Å². The van der Waals surface area contributed by atoms with Crippen LogP contribution in [0.3, 0.4) is 0 Å². The summed E-state index contributed by atoms with van der Waals surface area (Å²) in [4.78, 5) is 4.26. The lowest BCUT2D eigenvalue weighted by atomic mass is 10.1. The summed E-state index contributed by atoms with van der Waals surface area (Å²) in [5.74, 6) is 1.07. The summed E-state index contributed by atoms with van der Waals surface area (Å²) < 4.78 is 34.7. The van der Waals surface area contributed by atoms with E-state index in [0.717, 1.165) is 10.0 Å². The first-order valence-electron chi connectivity index (χ1n) is 7.59. The Labute approximate surface area is 155 Å². The molecule has 0 amide bonds. The quantitative estimate of drug-likeness (QED) is 0.655. The molecule has 0 atom stereocenters. The summed E-state index contributed by atoms with van der Waals surface area (Å²) in [7, 11) is -3.72. The summed E-state index contributed by atoms with van der Waals surface area (Å²) >= 11 is 3.41. The van der Waals surface area contributed by atoms with Crippen molar-refractivity contribution in [1.29, 1.82) is 0 Å². The highest BCUT2D eigenvalue weighted by atomic mass is 79.9. The molecule has 3 aromatic rings. The molecule has 5 nitrogen and oxygen atoms in total. The largest absolute Gasteiger partial charge is 0.441 e.